The highest BCUT2D eigenvalue weighted by molar-refractivity contribution is 7.89. The molecule has 4 N–H and O–H groups in total. The summed E-state index contributed by atoms with van der Waals surface area (Å²) in [4.78, 5) is 15.1. The summed E-state index contributed by atoms with van der Waals surface area (Å²) in [5.74, 6) is -0.874. The first-order valence-electron chi connectivity index (χ1n) is 6.97. The molecule has 0 radical (unpaired) electrons. The average Bonchev–Trinajstić information content (AvgIpc) is 2.91. The summed E-state index contributed by atoms with van der Waals surface area (Å²) < 4.78 is 36.3. The van der Waals surface area contributed by atoms with Gasteiger partial charge in [-0.25, -0.2) is 17.9 Å². The van der Waals surface area contributed by atoms with Crippen molar-refractivity contribution in [2.24, 2.45) is 5.14 Å². The second-order valence-electron chi connectivity index (χ2n) is 5.39. The maximum absolute atomic E-state index is 13.2. The van der Waals surface area contributed by atoms with E-state index in [0.29, 0.717) is 22.2 Å². The number of amides is 1. The van der Waals surface area contributed by atoms with Crippen molar-refractivity contribution in [2.45, 2.75) is 11.8 Å². The van der Waals surface area contributed by atoms with Crippen LogP contribution in [0.15, 0.2) is 47.4 Å². The Balaban J connectivity index is 1.91. The van der Waals surface area contributed by atoms with Crippen LogP contribution in [0, 0.1) is 12.7 Å². The molecule has 8 heteroatoms. The molecule has 0 aliphatic carbocycles. The van der Waals surface area contributed by atoms with Crippen molar-refractivity contribution in [3.63, 3.8) is 0 Å². The van der Waals surface area contributed by atoms with E-state index in [4.69, 9.17) is 5.14 Å². The fourth-order valence-corrected chi connectivity index (χ4v) is 3.22. The van der Waals surface area contributed by atoms with Gasteiger partial charge in [0.25, 0.3) is 5.91 Å². The van der Waals surface area contributed by atoms with Crippen LogP contribution in [0.2, 0.25) is 0 Å². The predicted octanol–water partition coefficient (Wildman–Crippen LogP) is 2.52. The van der Waals surface area contributed by atoms with Gasteiger partial charge in [-0.3, -0.25) is 4.79 Å². The number of benzene rings is 2. The zero-order valence-corrected chi connectivity index (χ0v) is 13.4. The standard InChI is InChI=1S/C16H14FN3O3S/c1-9-2-4-12(8-15(9)24(18,22)23)19-16(21)14-7-10-6-11(17)3-5-13(10)20-14/h2-8,20H,1H3,(H,19,21)(H2,18,22,23). The number of fused-ring (bicyclic) bond motifs is 1. The molecule has 0 saturated heterocycles. The molecule has 1 aromatic heterocycles. The Morgan fingerprint density at radius 1 is 1.17 bits per heavy atom. The van der Waals surface area contributed by atoms with E-state index in [1.54, 1.807) is 19.1 Å². The molecular formula is C16H14FN3O3S. The molecule has 1 heterocycles. The number of nitrogens with one attached hydrogen (secondary N) is 2. The Hall–Kier alpha value is -2.71. The van der Waals surface area contributed by atoms with Crippen molar-refractivity contribution in [3.05, 3.63) is 59.5 Å². The molecule has 0 atom stereocenters. The number of hydrogen-bond acceptors (Lipinski definition) is 3. The maximum atomic E-state index is 13.2. The van der Waals surface area contributed by atoms with Gasteiger partial charge < -0.3 is 10.3 Å². The van der Waals surface area contributed by atoms with Crippen LogP contribution in [-0.4, -0.2) is 19.3 Å². The van der Waals surface area contributed by atoms with Gasteiger partial charge in [-0.05, 0) is 48.9 Å². The summed E-state index contributed by atoms with van der Waals surface area (Å²) >= 11 is 0. The lowest BCUT2D eigenvalue weighted by Crippen LogP contribution is -2.16. The number of hydrogen-bond donors (Lipinski definition) is 3. The number of aromatic amines is 1. The lowest BCUT2D eigenvalue weighted by Gasteiger charge is -2.08. The van der Waals surface area contributed by atoms with Crippen LogP contribution in [-0.2, 0) is 10.0 Å². The van der Waals surface area contributed by atoms with Crippen LogP contribution in [0.4, 0.5) is 10.1 Å². The Morgan fingerprint density at radius 3 is 2.62 bits per heavy atom. The van der Waals surface area contributed by atoms with E-state index in [2.05, 4.69) is 10.3 Å². The first kappa shape index (κ1) is 16.2. The number of primary sulfonamides is 1. The normalized spacial score (nSPS) is 11.6. The molecule has 0 fully saturated rings. The molecule has 0 bridgehead atoms. The minimum Gasteiger partial charge on any atom is -0.351 e. The van der Waals surface area contributed by atoms with Crippen LogP contribution in [0.5, 0.6) is 0 Å². The molecule has 6 nitrogen and oxygen atoms in total. The van der Waals surface area contributed by atoms with Gasteiger partial charge in [0.15, 0.2) is 0 Å². The molecule has 0 aliphatic rings. The number of sulfonamides is 1. The molecular weight excluding hydrogens is 333 g/mol. The molecule has 124 valence electrons. The number of aryl methyl sites for hydroxylation is 1. The summed E-state index contributed by atoms with van der Waals surface area (Å²) in [5.41, 5.74) is 1.63. The summed E-state index contributed by atoms with van der Waals surface area (Å²) in [6.45, 7) is 1.61. The first-order valence-corrected chi connectivity index (χ1v) is 8.52. The molecule has 24 heavy (non-hydrogen) atoms. The lowest BCUT2D eigenvalue weighted by atomic mass is 10.2. The summed E-state index contributed by atoms with van der Waals surface area (Å²) in [6.07, 6.45) is 0. The molecule has 2 aromatic carbocycles. The zero-order valence-electron chi connectivity index (χ0n) is 12.6. The third-order valence-corrected chi connectivity index (χ3v) is 4.63. The topological polar surface area (TPSA) is 105 Å². The van der Waals surface area contributed by atoms with Gasteiger partial charge in [0.05, 0.1) is 4.90 Å². The second-order valence-corrected chi connectivity index (χ2v) is 6.92. The molecule has 3 rings (SSSR count). The summed E-state index contributed by atoms with van der Waals surface area (Å²) in [6, 6.07) is 10.1. The van der Waals surface area contributed by atoms with E-state index in [1.807, 2.05) is 0 Å². The minimum atomic E-state index is -3.88. The number of H-pyrrole nitrogens is 1. The van der Waals surface area contributed by atoms with Gasteiger partial charge in [0.2, 0.25) is 10.0 Å². The fraction of sp³-hybridized carbons (Fsp3) is 0.0625. The molecule has 0 saturated carbocycles. The van der Waals surface area contributed by atoms with Gasteiger partial charge >= 0.3 is 0 Å². The summed E-state index contributed by atoms with van der Waals surface area (Å²) in [7, 11) is -3.88. The van der Waals surface area contributed by atoms with Gasteiger partial charge in [0.1, 0.15) is 11.5 Å². The Morgan fingerprint density at radius 2 is 1.92 bits per heavy atom. The highest BCUT2D eigenvalue weighted by atomic mass is 32.2. The van der Waals surface area contributed by atoms with Crippen LogP contribution < -0.4 is 10.5 Å². The first-order chi connectivity index (χ1) is 11.2. The fourth-order valence-electron chi connectivity index (χ4n) is 2.41. The van der Waals surface area contributed by atoms with Gasteiger partial charge in [-0.2, -0.15) is 0 Å². The van der Waals surface area contributed by atoms with Gasteiger partial charge in [-0.1, -0.05) is 6.07 Å². The monoisotopic (exact) mass is 347 g/mol. The van der Waals surface area contributed by atoms with E-state index in [9.17, 15) is 17.6 Å². The Kier molecular flexibility index (Phi) is 3.86. The van der Waals surface area contributed by atoms with Crippen LogP contribution in [0.1, 0.15) is 16.1 Å². The molecule has 0 spiro atoms. The number of anilines is 1. The van der Waals surface area contributed by atoms with Crippen molar-refractivity contribution in [1.82, 2.24) is 4.98 Å². The largest absolute Gasteiger partial charge is 0.351 e. The Bertz CT molecular complexity index is 1060. The third kappa shape index (κ3) is 3.15. The van der Waals surface area contributed by atoms with E-state index >= 15 is 0 Å². The second kappa shape index (κ2) is 5.73. The van der Waals surface area contributed by atoms with E-state index in [1.165, 1.54) is 30.3 Å². The van der Waals surface area contributed by atoms with E-state index in [-0.39, 0.29) is 10.6 Å². The number of rotatable bonds is 3. The highest BCUT2D eigenvalue weighted by Gasteiger charge is 2.15. The van der Waals surface area contributed by atoms with Crippen molar-refractivity contribution < 1.29 is 17.6 Å². The van der Waals surface area contributed by atoms with E-state index < -0.39 is 21.7 Å². The van der Waals surface area contributed by atoms with E-state index in [0.717, 1.165) is 0 Å². The van der Waals surface area contributed by atoms with Crippen LogP contribution in [0.25, 0.3) is 10.9 Å². The number of carbonyl (C=O) groups excluding carboxylic acids is 1. The molecule has 3 aromatic rings. The number of halogens is 1. The molecule has 0 aliphatic heterocycles. The maximum Gasteiger partial charge on any atom is 0.272 e. The molecule has 1 amide bonds. The Labute approximate surface area is 137 Å². The molecule has 0 unspecified atom stereocenters. The minimum absolute atomic E-state index is 0.0565. The van der Waals surface area contributed by atoms with Gasteiger partial charge in [-0.15, -0.1) is 0 Å². The van der Waals surface area contributed by atoms with Crippen LogP contribution >= 0.6 is 0 Å². The van der Waals surface area contributed by atoms with Crippen molar-refractivity contribution in [3.8, 4) is 0 Å². The van der Waals surface area contributed by atoms with Crippen molar-refractivity contribution in [2.75, 3.05) is 5.32 Å². The van der Waals surface area contributed by atoms with Crippen molar-refractivity contribution in [1.29, 1.82) is 0 Å². The smallest absolute Gasteiger partial charge is 0.272 e. The van der Waals surface area contributed by atoms with Crippen molar-refractivity contribution >= 4 is 32.5 Å². The summed E-state index contributed by atoms with van der Waals surface area (Å²) in [5, 5.41) is 8.31. The third-order valence-electron chi connectivity index (χ3n) is 3.58. The average molecular weight is 347 g/mol. The van der Waals surface area contributed by atoms with Crippen LogP contribution in [0.3, 0.4) is 0 Å². The predicted molar refractivity (Wildman–Crippen MR) is 88.8 cm³/mol. The lowest BCUT2D eigenvalue weighted by molar-refractivity contribution is 0.102. The number of nitrogens with two attached hydrogens (primary N) is 1. The highest BCUT2D eigenvalue weighted by Crippen LogP contribution is 2.21. The quantitative estimate of drug-likeness (QED) is 0.678. The number of aromatic nitrogens is 1. The number of carbonyl (C=O) groups is 1. The van der Waals surface area contributed by atoms with Gasteiger partial charge in [0, 0.05) is 16.6 Å². The zero-order chi connectivity index (χ0) is 17.5. The SMILES string of the molecule is Cc1ccc(NC(=O)c2cc3cc(F)ccc3[nH]2)cc1S(N)(=O)=O.